The molecule has 0 spiro atoms. The maximum absolute atomic E-state index is 13.6. The first-order valence-electron chi connectivity index (χ1n) is 6.15. The minimum atomic E-state index is -4.16. The molecule has 0 bridgehead atoms. The van der Waals surface area contributed by atoms with Gasteiger partial charge in [0.15, 0.2) is 5.82 Å². The van der Waals surface area contributed by atoms with Gasteiger partial charge in [-0.3, -0.25) is 4.72 Å². The van der Waals surface area contributed by atoms with Gasteiger partial charge < -0.3 is 4.74 Å². The third-order valence-corrected chi connectivity index (χ3v) is 3.64. The molecule has 0 radical (unpaired) electrons. The summed E-state index contributed by atoms with van der Waals surface area (Å²) < 4.78 is 45.5. The van der Waals surface area contributed by atoms with E-state index in [4.69, 9.17) is 4.74 Å². The van der Waals surface area contributed by atoms with Crippen LogP contribution in [0.1, 0.15) is 13.8 Å². The average molecular weight is 311 g/mol. The summed E-state index contributed by atoms with van der Waals surface area (Å²) in [6.45, 7) is 3.57. The fourth-order valence-electron chi connectivity index (χ4n) is 1.55. The standard InChI is InChI=1S/C13H14FN3O3S/c1-9(2)20-12-11(6-4-7-15-12)17-21(18,19)13-10(14)5-3-8-16-13/h3-9,17H,1-2H3. The van der Waals surface area contributed by atoms with Crippen molar-refractivity contribution < 1.29 is 17.5 Å². The van der Waals surface area contributed by atoms with Crippen LogP contribution in [-0.2, 0) is 10.0 Å². The molecule has 0 aliphatic carbocycles. The molecule has 0 aliphatic heterocycles. The summed E-state index contributed by atoms with van der Waals surface area (Å²) in [6, 6.07) is 5.35. The van der Waals surface area contributed by atoms with Gasteiger partial charge in [0.25, 0.3) is 10.0 Å². The molecule has 0 saturated heterocycles. The summed E-state index contributed by atoms with van der Waals surface area (Å²) in [4.78, 5) is 7.51. The van der Waals surface area contributed by atoms with Gasteiger partial charge in [-0.25, -0.2) is 14.4 Å². The molecular formula is C13H14FN3O3S. The molecule has 0 fully saturated rings. The Labute approximate surface area is 122 Å². The van der Waals surface area contributed by atoms with Crippen molar-refractivity contribution in [1.82, 2.24) is 9.97 Å². The van der Waals surface area contributed by atoms with Crippen molar-refractivity contribution in [2.24, 2.45) is 0 Å². The van der Waals surface area contributed by atoms with E-state index in [9.17, 15) is 12.8 Å². The lowest BCUT2D eigenvalue weighted by Gasteiger charge is -2.14. The van der Waals surface area contributed by atoms with Gasteiger partial charge in [-0.1, -0.05) is 0 Å². The van der Waals surface area contributed by atoms with E-state index in [1.54, 1.807) is 19.9 Å². The highest BCUT2D eigenvalue weighted by atomic mass is 32.2. The summed E-state index contributed by atoms with van der Waals surface area (Å²) in [6.07, 6.45) is 2.48. The quantitative estimate of drug-likeness (QED) is 0.915. The van der Waals surface area contributed by atoms with Crippen LogP contribution in [0.15, 0.2) is 41.7 Å². The van der Waals surface area contributed by atoms with Crippen molar-refractivity contribution in [1.29, 1.82) is 0 Å². The lowest BCUT2D eigenvalue weighted by molar-refractivity contribution is 0.234. The number of rotatable bonds is 5. The molecule has 0 saturated carbocycles. The Morgan fingerprint density at radius 1 is 1.19 bits per heavy atom. The molecule has 8 heteroatoms. The zero-order valence-electron chi connectivity index (χ0n) is 11.4. The number of nitrogens with one attached hydrogen (secondary N) is 1. The highest BCUT2D eigenvalue weighted by Crippen LogP contribution is 2.25. The summed E-state index contributed by atoms with van der Waals surface area (Å²) in [5.41, 5.74) is 0.122. The number of hydrogen-bond acceptors (Lipinski definition) is 5. The lowest BCUT2D eigenvalue weighted by atomic mass is 10.4. The van der Waals surface area contributed by atoms with Crippen LogP contribution in [-0.4, -0.2) is 24.5 Å². The van der Waals surface area contributed by atoms with Crippen LogP contribution in [0, 0.1) is 5.82 Å². The summed E-state index contributed by atoms with van der Waals surface area (Å²) in [5.74, 6) is -0.812. The second kappa shape index (κ2) is 6.04. The molecule has 21 heavy (non-hydrogen) atoms. The fraction of sp³-hybridized carbons (Fsp3) is 0.231. The molecule has 2 heterocycles. The Morgan fingerprint density at radius 2 is 1.86 bits per heavy atom. The summed E-state index contributed by atoms with van der Waals surface area (Å²) in [7, 11) is -4.16. The number of anilines is 1. The van der Waals surface area contributed by atoms with Crippen molar-refractivity contribution in [2.75, 3.05) is 4.72 Å². The number of aromatic nitrogens is 2. The first-order chi connectivity index (χ1) is 9.90. The smallest absolute Gasteiger partial charge is 0.282 e. The SMILES string of the molecule is CC(C)Oc1ncccc1NS(=O)(=O)c1ncccc1F. The Hall–Kier alpha value is -2.22. The number of ether oxygens (including phenoxy) is 1. The van der Waals surface area contributed by atoms with Crippen LogP contribution in [0.2, 0.25) is 0 Å². The van der Waals surface area contributed by atoms with E-state index in [1.165, 1.54) is 24.5 Å². The minimum Gasteiger partial charge on any atom is -0.473 e. The van der Waals surface area contributed by atoms with Gasteiger partial charge in [-0.05, 0) is 38.1 Å². The predicted octanol–water partition coefficient (Wildman–Crippen LogP) is 2.20. The number of sulfonamides is 1. The van der Waals surface area contributed by atoms with Crippen molar-refractivity contribution in [3.63, 3.8) is 0 Å². The van der Waals surface area contributed by atoms with E-state index in [-0.39, 0.29) is 17.7 Å². The van der Waals surface area contributed by atoms with E-state index in [1.807, 2.05) is 0 Å². The first-order valence-corrected chi connectivity index (χ1v) is 7.63. The lowest BCUT2D eigenvalue weighted by Crippen LogP contribution is -2.18. The second-order valence-corrected chi connectivity index (χ2v) is 6.02. The topological polar surface area (TPSA) is 81.2 Å². The van der Waals surface area contributed by atoms with E-state index >= 15 is 0 Å². The fourth-order valence-corrected chi connectivity index (χ4v) is 2.61. The van der Waals surface area contributed by atoms with Gasteiger partial charge in [-0.15, -0.1) is 0 Å². The van der Waals surface area contributed by atoms with Crippen molar-refractivity contribution >= 4 is 15.7 Å². The van der Waals surface area contributed by atoms with Gasteiger partial charge in [0.2, 0.25) is 10.9 Å². The van der Waals surface area contributed by atoms with Crippen LogP contribution in [0.4, 0.5) is 10.1 Å². The molecule has 1 N–H and O–H groups in total. The first kappa shape index (κ1) is 15.2. The summed E-state index contributed by atoms with van der Waals surface area (Å²) >= 11 is 0. The monoisotopic (exact) mass is 311 g/mol. The van der Waals surface area contributed by atoms with Crippen LogP contribution >= 0.6 is 0 Å². The molecular weight excluding hydrogens is 297 g/mol. The van der Waals surface area contributed by atoms with E-state index in [0.717, 1.165) is 6.07 Å². The van der Waals surface area contributed by atoms with E-state index in [2.05, 4.69) is 14.7 Å². The number of pyridine rings is 2. The molecule has 2 aromatic heterocycles. The van der Waals surface area contributed by atoms with Gasteiger partial charge in [-0.2, -0.15) is 8.42 Å². The number of nitrogens with zero attached hydrogens (tertiary/aromatic N) is 2. The minimum absolute atomic E-state index is 0.118. The van der Waals surface area contributed by atoms with Gasteiger partial charge >= 0.3 is 0 Å². The van der Waals surface area contributed by atoms with Crippen LogP contribution in [0.25, 0.3) is 0 Å². The maximum atomic E-state index is 13.6. The average Bonchev–Trinajstić information content (AvgIpc) is 2.40. The molecule has 0 unspecified atom stereocenters. The summed E-state index contributed by atoms with van der Waals surface area (Å²) in [5, 5.41) is -0.677. The third kappa shape index (κ3) is 3.66. The molecule has 0 atom stereocenters. The van der Waals surface area contributed by atoms with Crippen molar-refractivity contribution in [3.8, 4) is 5.88 Å². The largest absolute Gasteiger partial charge is 0.473 e. The Bertz CT molecular complexity index is 735. The highest BCUT2D eigenvalue weighted by molar-refractivity contribution is 7.92. The van der Waals surface area contributed by atoms with E-state index in [0.29, 0.717) is 0 Å². The predicted molar refractivity (Wildman–Crippen MR) is 75.0 cm³/mol. The maximum Gasteiger partial charge on any atom is 0.282 e. The number of halogens is 1. The molecule has 0 aromatic carbocycles. The molecule has 0 amide bonds. The Balaban J connectivity index is 2.36. The zero-order chi connectivity index (χ0) is 15.5. The third-order valence-electron chi connectivity index (χ3n) is 2.34. The molecule has 6 nitrogen and oxygen atoms in total. The normalized spacial score (nSPS) is 11.4. The Morgan fingerprint density at radius 3 is 2.52 bits per heavy atom. The van der Waals surface area contributed by atoms with Crippen molar-refractivity contribution in [2.45, 2.75) is 25.0 Å². The van der Waals surface area contributed by atoms with E-state index < -0.39 is 20.9 Å². The molecule has 112 valence electrons. The molecule has 2 aromatic rings. The zero-order valence-corrected chi connectivity index (χ0v) is 12.3. The highest BCUT2D eigenvalue weighted by Gasteiger charge is 2.22. The molecule has 0 aliphatic rings. The van der Waals surface area contributed by atoms with Crippen LogP contribution in [0.3, 0.4) is 0 Å². The van der Waals surface area contributed by atoms with Gasteiger partial charge in [0, 0.05) is 12.4 Å². The molecule has 2 rings (SSSR count). The van der Waals surface area contributed by atoms with Crippen LogP contribution < -0.4 is 9.46 Å². The van der Waals surface area contributed by atoms with Crippen molar-refractivity contribution in [3.05, 3.63) is 42.5 Å². The Kier molecular flexibility index (Phi) is 4.37. The van der Waals surface area contributed by atoms with Gasteiger partial charge in [0.05, 0.1) is 6.10 Å². The second-order valence-electron chi connectivity index (χ2n) is 4.42. The number of hydrogen-bond donors (Lipinski definition) is 1. The van der Waals surface area contributed by atoms with Gasteiger partial charge in [0.1, 0.15) is 5.69 Å². The van der Waals surface area contributed by atoms with Crippen LogP contribution in [0.5, 0.6) is 5.88 Å².